The predicted molar refractivity (Wildman–Crippen MR) is 154 cm³/mol. The lowest BCUT2D eigenvalue weighted by Gasteiger charge is -2.38. The van der Waals surface area contributed by atoms with E-state index in [4.69, 9.17) is 0 Å². The van der Waals surface area contributed by atoms with Crippen molar-refractivity contribution in [2.45, 2.75) is 26.7 Å². The molecule has 2 fully saturated rings. The van der Waals surface area contributed by atoms with E-state index in [2.05, 4.69) is 0 Å². The van der Waals surface area contributed by atoms with Gasteiger partial charge in [0.1, 0.15) is 0 Å². The molecule has 2 amide bonds. The van der Waals surface area contributed by atoms with Crippen LogP contribution in [-0.4, -0.2) is 17.6 Å². The Labute approximate surface area is 228 Å². The number of carbonyl (C=O) groups is 3. The zero-order valence-corrected chi connectivity index (χ0v) is 22.1. The van der Waals surface area contributed by atoms with Crippen molar-refractivity contribution in [1.82, 2.24) is 0 Å². The van der Waals surface area contributed by atoms with Crippen LogP contribution in [-0.2, 0) is 14.4 Å². The fourth-order valence-corrected chi connectivity index (χ4v) is 8.10. The number of imide groups is 1. The summed E-state index contributed by atoms with van der Waals surface area (Å²) in [6.45, 7) is 3.99. The third kappa shape index (κ3) is 2.76. The third-order valence-electron chi connectivity index (χ3n) is 9.57. The van der Waals surface area contributed by atoms with E-state index >= 15 is 0 Å². The normalized spacial score (nSPS) is 27.6. The fourth-order valence-electron chi connectivity index (χ4n) is 8.10. The molecule has 0 aromatic heterocycles. The molecular weight excluding hydrogens is 482 g/mol. The Bertz CT molecular complexity index is 1620. The van der Waals surface area contributed by atoms with Crippen LogP contribution in [0.15, 0.2) is 103 Å². The fraction of sp³-hybridized carbons (Fsp3) is 0.229. The number of hydrogen-bond acceptors (Lipinski definition) is 3. The maximum absolute atomic E-state index is 14.8. The number of amides is 2. The van der Waals surface area contributed by atoms with Crippen molar-refractivity contribution in [3.63, 3.8) is 0 Å². The highest BCUT2D eigenvalue weighted by Crippen LogP contribution is 2.75. The molecule has 39 heavy (non-hydrogen) atoms. The van der Waals surface area contributed by atoms with Gasteiger partial charge in [0.05, 0.1) is 28.4 Å². The number of allylic oxidation sites excluding steroid dienone is 2. The number of carbonyl (C=O) groups excluding carboxylic acids is 3. The van der Waals surface area contributed by atoms with Crippen molar-refractivity contribution in [2.75, 3.05) is 4.90 Å². The van der Waals surface area contributed by atoms with Crippen molar-refractivity contribution >= 4 is 45.2 Å². The third-order valence-corrected chi connectivity index (χ3v) is 9.57. The molecule has 1 saturated carbocycles. The maximum atomic E-state index is 14.8. The molecule has 7 rings (SSSR count). The lowest BCUT2D eigenvalue weighted by atomic mass is 9.60. The van der Waals surface area contributed by atoms with Crippen molar-refractivity contribution in [1.29, 1.82) is 0 Å². The summed E-state index contributed by atoms with van der Waals surface area (Å²) in [7, 11) is 0. The molecule has 192 valence electrons. The molecule has 4 aromatic rings. The number of benzene rings is 4. The summed E-state index contributed by atoms with van der Waals surface area (Å²) in [6, 6.07) is 33.5. The first-order valence-electron chi connectivity index (χ1n) is 13.8. The van der Waals surface area contributed by atoms with Crippen molar-refractivity contribution in [3.05, 3.63) is 114 Å². The highest BCUT2D eigenvalue weighted by molar-refractivity contribution is 6.35. The van der Waals surface area contributed by atoms with E-state index in [1.54, 1.807) is 0 Å². The number of Topliss-reactive ketones (excluding diaryl/α,β-unsaturated/α-hetero) is 1. The van der Waals surface area contributed by atoms with Gasteiger partial charge in [-0.2, -0.15) is 0 Å². The summed E-state index contributed by atoms with van der Waals surface area (Å²) in [4.78, 5) is 45.3. The van der Waals surface area contributed by atoms with Crippen molar-refractivity contribution < 1.29 is 14.4 Å². The second-order valence-electron chi connectivity index (χ2n) is 10.9. The van der Waals surface area contributed by atoms with E-state index in [1.165, 1.54) is 4.90 Å². The SMILES string of the molecule is CC[C@]12C(=O)[C@](CC)(C(c3ccccc3)=C1c1ccccc1)[C@@H]1C(=O)N(c3cccc4ccccc34)C(=O)[C@H]12. The summed E-state index contributed by atoms with van der Waals surface area (Å²) in [5.41, 5.74) is 2.20. The molecular formula is C35H29NO3. The number of anilines is 1. The van der Waals surface area contributed by atoms with Gasteiger partial charge >= 0.3 is 0 Å². The zero-order valence-electron chi connectivity index (χ0n) is 22.1. The molecule has 1 heterocycles. The van der Waals surface area contributed by atoms with Crippen LogP contribution >= 0.6 is 0 Å². The van der Waals surface area contributed by atoms with Gasteiger partial charge in [0.15, 0.2) is 5.78 Å². The monoisotopic (exact) mass is 511 g/mol. The molecule has 1 aliphatic heterocycles. The van der Waals surface area contributed by atoms with Gasteiger partial charge in [-0.3, -0.25) is 14.4 Å². The molecule has 4 heteroatoms. The van der Waals surface area contributed by atoms with E-state index in [9.17, 15) is 14.4 Å². The molecule has 0 unspecified atom stereocenters. The van der Waals surface area contributed by atoms with Gasteiger partial charge in [-0.15, -0.1) is 0 Å². The summed E-state index contributed by atoms with van der Waals surface area (Å²) in [5.74, 6) is -1.94. The standard InChI is InChI=1S/C35H29NO3/c1-3-34-27(23-15-7-5-8-16-23)28(24-17-9-6-10-18-24)35(4-2,33(34)39)30-29(34)31(37)36(32(30)38)26-21-13-19-22-14-11-12-20-25(22)26/h5-21,29-30H,3-4H2,1-2H3/t29-,30-,34-,35+/m0/s1. The van der Waals surface area contributed by atoms with Gasteiger partial charge in [-0.25, -0.2) is 4.90 Å². The number of ketones is 1. The Morgan fingerprint density at radius 1 is 0.590 bits per heavy atom. The second-order valence-corrected chi connectivity index (χ2v) is 10.9. The van der Waals surface area contributed by atoms with E-state index in [0.29, 0.717) is 18.5 Å². The molecule has 4 aromatic carbocycles. The minimum atomic E-state index is -1.07. The second kappa shape index (κ2) is 8.34. The van der Waals surface area contributed by atoms with E-state index in [0.717, 1.165) is 33.0 Å². The highest BCUT2D eigenvalue weighted by Gasteiger charge is 2.80. The first-order chi connectivity index (χ1) is 19.0. The van der Waals surface area contributed by atoms with Crippen LogP contribution in [0.1, 0.15) is 37.8 Å². The van der Waals surface area contributed by atoms with Gasteiger partial charge in [-0.05, 0) is 46.6 Å². The van der Waals surface area contributed by atoms with Gasteiger partial charge < -0.3 is 0 Å². The van der Waals surface area contributed by atoms with E-state index in [-0.39, 0.29) is 17.6 Å². The molecule has 2 bridgehead atoms. The molecule has 0 spiro atoms. The topological polar surface area (TPSA) is 54.5 Å². The van der Waals surface area contributed by atoms with E-state index < -0.39 is 22.7 Å². The molecule has 4 nitrogen and oxygen atoms in total. The Balaban J connectivity index is 1.53. The largest absolute Gasteiger partial charge is 0.298 e. The summed E-state index contributed by atoms with van der Waals surface area (Å²) >= 11 is 0. The molecule has 0 radical (unpaired) electrons. The smallest absolute Gasteiger partial charge is 0.239 e. The quantitative estimate of drug-likeness (QED) is 0.273. The lowest BCUT2D eigenvalue weighted by Crippen LogP contribution is -2.41. The van der Waals surface area contributed by atoms with Gasteiger partial charge in [0.25, 0.3) is 0 Å². The molecule has 2 aliphatic carbocycles. The Morgan fingerprint density at radius 2 is 1.05 bits per heavy atom. The van der Waals surface area contributed by atoms with Crippen LogP contribution in [0.3, 0.4) is 0 Å². The molecule has 1 saturated heterocycles. The summed E-state index contributed by atoms with van der Waals surface area (Å²) in [5, 5.41) is 1.83. The number of hydrogen-bond donors (Lipinski definition) is 0. The van der Waals surface area contributed by atoms with Gasteiger partial charge in [0.2, 0.25) is 11.8 Å². The molecule has 3 aliphatic rings. The lowest BCUT2D eigenvalue weighted by molar-refractivity contribution is -0.134. The minimum Gasteiger partial charge on any atom is -0.298 e. The number of rotatable bonds is 5. The average molecular weight is 512 g/mol. The van der Waals surface area contributed by atoms with Crippen LogP contribution in [0.25, 0.3) is 21.9 Å². The van der Waals surface area contributed by atoms with E-state index in [1.807, 2.05) is 117 Å². The van der Waals surface area contributed by atoms with Gasteiger partial charge in [0, 0.05) is 5.39 Å². The number of fused-ring (bicyclic) bond motifs is 6. The van der Waals surface area contributed by atoms with Crippen molar-refractivity contribution in [3.8, 4) is 0 Å². The van der Waals surface area contributed by atoms with Crippen molar-refractivity contribution in [2.24, 2.45) is 22.7 Å². The Hall–Kier alpha value is -4.31. The van der Waals surface area contributed by atoms with Crippen LogP contribution in [0, 0.1) is 22.7 Å². The van der Waals surface area contributed by atoms with Crippen LogP contribution in [0.5, 0.6) is 0 Å². The Kier molecular flexibility index (Phi) is 5.09. The first-order valence-corrected chi connectivity index (χ1v) is 13.8. The average Bonchev–Trinajstić information content (AvgIpc) is 3.48. The minimum absolute atomic E-state index is 0.0342. The highest BCUT2D eigenvalue weighted by atomic mass is 16.2. The molecule has 4 atom stereocenters. The van der Waals surface area contributed by atoms with Crippen LogP contribution in [0.4, 0.5) is 5.69 Å². The first kappa shape index (κ1) is 23.8. The number of nitrogens with zero attached hydrogens (tertiary/aromatic N) is 1. The Morgan fingerprint density at radius 3 is 1.56 bits per heavy atom. The predicted octanol–water partition coefficient (Wildman–Crippen LogP) is 6.95. The van der Waals surface area contributed by atoms with Crippen LogP contribution in [0.2, 0.25) is 0 Å². The zero-order chi connectivity index (χ0) is 26.9. The summed E-state index contributed by atoms with van der Waals surface area (Å²) in [6.07, 6.45) is 0.912. The van der Waals surface area contributed by atoms with Gasteiger partial charge in [-0.1, -0.05) is 111 Å². The maximum Gasteiger partial charge on any atom is 0.239 e. The summed E-state index contributed by atoms with van der Waals surface area (Å²) < 4.78 is 0. The van der Waals surface area contributed by atoms with Crippen LogP contribution < -0.4 is 4.90 Å². The molecule has 0 N–H and O–H groups in total.